The lowest BCUT2D eigenvalue weighted by molar-refractivity contribution is 0.986. The molecule has 0 aliphatic rings. The molecule has 0 aliphatic carbocycles. The van der Waals surface area contributed by atoms with Crippen molar-refractivity contribution in [3.63, 3.8) is 0 Å². The quantitative estimate of drug-likeness (QED) is 0.480. The van der Waals surface area contributed by atoms with Gasteiger partial charge in [-0.05, 0) is 6.26 Å². The number of nitrogens with two attached hydrogens (primary N) is 1. The van der Waals surface area contributed by atoms with Gasteiger partial charge in [-0.25, -0.2) is 0 Å². The van der Waals surface area contributed by atoms with E-state index in [1.165, 1.54) is 11.3 Å². The van der Waals surface area contributed by atoms with Crippen LogP contribution in [0.4, 0.5) is 5.13 Å². The fourth-order valence-electron chi connectivity index (χ4n) is 0.957. The van der Waals surface area contributed by atoms with Crippen molar-refractivity contribution in [2.45, 2.75) is 5.75 Å². The van der Waals surface area contributed by atoms with Crippen LogP contribution in [0.5, 0.6) is 0 Å². The van der Waals surface area contributed by atoms with Gasteiger partial charge in [-0.3, -0.25) is 4.99 Å². The van der Waals surface area contributed by atoms with Crippen LogP contribution >= 0.6 is 34.9 Å². The fraction of sp³-hybridized carbons (Fsp3) is 0.625. The lowest BCUT2D eigenvalue weighted by Crippen LogP contribution is -2.22. The summed E-state index contributed by atoms with van der Waals surface area (Å²) < 4.78 is 0. The average molecular weight is 277 g/mol. The Bertz CT molecular complexity index is 338. The largest absolute Gasteiger partial charge is 0.374 e. The summed E-state index contributed by atoms with van der Waals surface area (Å²) in [5, 5.41) is 13.5. The molecular weight excluding hydrogens is 262 g/mol. The van der Waals surface area contributed by atoms with Crippen LogP contribution in [-0.4, -0.2) is 41.0 Å². The number of nitrogens with one attached hydrogen (secondary N) is 1. The zero-order chi connectivity index (χ0) is 11.8. The average Bonchev–Trinajstić information content (AvgIpc) is 2.70. The monoisotopic (exact) mass is 277 g/mol. The molecule has 0 spiro atoms. The molecule has 1 heterocycles. The maximum absolute atomic E-state index is 5.49. The summed E-state index contributed by atoms with van der Waals surface area (Å²) in [4.78, 5) is 4.09. The van der Waals surface area contributed by atoms with E-state index in [0.717, 1.165) is 28.2 Å². The highest BCUT2D eigenvalue weighted by atomic mass is 32.2. The second-order valence-electron chi connectivity index (χ2n) is 2.75. The lowest BCUT2D eigenvalue weighted by atomic mass is 10.7. The number of rotatable bonds is 5. The van der Waals surface area contributed by atoms with E-state index in [9.17, 15) is 0 Å². The second kappa shape index (κ2) is 7.75. The number of hydrogen-bond acceptors (Lipinski definition) is 7. The third-order valence-electron chi connectivity index (χ3n) is 1.63. The number of aromatic nitrogens is 2. The van der Waals surface area contributed by atoms with Gasteiger partial charge >= 0.3 is 0 Å². The molecule has 1 aromatic rings. The Hall–Kier alpha value is -0.470. The van der Waals surface area contributed by atoms with Crippen LogP contribution in [0.2, 0.25) is 0 Å². The zero-order valence-corrected chi connectivity index (χ0v) is 11.7. The lowest BCUT2D eigenvalue weighted by Gasteiger charge is -2.05. The molecule has 0 saturated heterocycles. The molecule has 0 saturated carbocycles. The Labute approximate surface area is 108 Å². The summed E-state index contributed by atoms with van der Waals surface area (Å²) in [6.07, 6.45) is 2.01. The van der Waals surface area contributed by atoms with E-state index in [4.69, 9.17) is 5.73 Å². The van der Waals surface area contributed by atoms with E-state index in [1.54, 1.807) is 18.8 Å². The molecule has 0 aliphatic heterocycles. The van der Waals surface area contributed by atoms with Crippen molar-refractivity contribution < 1.29 is 0 Å². The van der Waals surface area contributed by atoms with Gasteiger partial charge in [0.15, 0.2) is 5.17 Å². The van der Waals surface area contributed by atoms with Crippen LogP contribution in [0.15, 0.2) is 4.99 Å². The highest BCUT2D eigenvalue weighted by Crippen LogP contribution is 2.17. The minimum Gasteiger partial charge on any atom is -0.374 e. The van der Waals surface area contributed by atoms with Crippen LogP contribution in [0.25, 0.3) is 0 Å². The van der Waals surface area contributed by atoms with Crippen molar-refractivity contribution in [2.24, 2.45) is 4.99 Å². The molecule has 1 aromatic heterocycles. The minimum absolute atomic E-state index is 0.538. The molecule has 0 bridgehead atoms. The van der Waals surface area contributed by atoms with Crippen LogP contribution < -0.4 is 11.1 Å². The van der Waals surface area contributed by atoms with Gasteiger partial charge in [0.2, 0.25) is 5.13 Å². The number of anilines is 1. The highest BCUT2D eigenvalue weighted by molar-refractivity contribution is 8.13. The molecular formula is C8H15N5S3. The van der Waals surface area contributed by atoms with Crippen molar-refractivity contribution in [1.29, 1.82) is 0 Å². The van der Waals surface area contributed by atoms with Gasteiger partial charge in [-0.1, -0.05) is 23.1 Å². The molecule has 0 unspecified atom stereocenters. The molecule has 0 atom stereocenters. The van der Waals surface area contributed by atoms with Gasteiger partial charge < -0.3 is 11.1 Å². The summed E-state index contributed by atoms with van der Waals surface area (Å²) in [6, 6.07) is 0. The number of aliphatic imine (C=N–C) groups is 1. The van der Waals surface area contributed by atoms with Crippen molar-refractivity contribution >= 4 is 45.2 Å². The van der Waals surface area contributed by atoms with Gasteiger partial charge in [0, 0.05) is 25.1 Å². The molecule has 0 fully saturated rings. The first-order chi connectivity index (χ1) is 7.76. The number of nitrogens with zero attached hydrogens (tertiary/aromatic N) is 3. The standard InChI is InChI=1S/C8H15N5S3/c1-10-8(14-2)11-3-4-15-5-6-12-13-7(9)16-6/h3-5H2,1-2H3,(H2,9,13)(H,10,11). The summed E-state index contributed by atoms with van der Waals surface area (Å²) in [7, 11) is 1.79. The van der Waals surface area contributed by atoms with Crippen molar-refractivity contribution in [1.82, 2.24) is 15.5 Å². The van der Waals surface area contributed by atoms with Crippen molar-refractivity contribution in [3.05, 3.63) is 5.01 Å². The van der Waals surface area contributed by atoms with E-state index in [-0.39, 0.29) is 0 Å². The van der Waals surface area contributed by atoms with Crippen molar-refractivity contribution in [2.75, 3.05) is 31.3 Å². The summed E-state index contributed by atoms with van der Waals surface area (Å²) >= 11 is 4.88. The molecule has 0 amide bonds. The third-order valence-corrected chi connectivity index (χ3v) is 4.25. The maximum Gasteiger partial charge on any atom is 0.203 e. The van der Waals surface area contributed by atoms with Crippen LogP contribution in [0.1, 0.15) is 5.01 Å². The topological polar surface area (TPSA) is 76.2 Å². The SMILES string of the molecule is CN=C(NCCSCc1nnc(N)s1)SC. The van der Waals surface area contributed by atoms with Gasteiger partial charge in [0.25, 0.3) is 0 Å². The number of hydrogen-bond donors (Lipinski definition) is 2. The summed E-state index contributed by atoms with van der Waals surface area (Å²) in [6.45, 7) is 0.909. The van der Waals surface area contributed by atoms with Gasteiger partial charge in [-0.2, -0.15) is 11.8 Å². The van der Waals surface area contributed by atoms with Crippen molar-refractivity contribution in [3.8, 4) is 0 Å². The third kappa shape index (κ3) is 5.04. The van der Waals surface area contributed by atoms with E-state index < -0.39 is 0 Å². The predicted molar refractivity (Wildman–Crippen MR) is 75.4 cm³/mol. The summed E-state index contributed by atoms with van der Waals surface area (Å²) in [5.74, 6) is 1.88. The second-order valence-corrected chi connectivity index (χ2v) is 5.74. The van der Waals surface area contributed by atoms with Gasteiger partial charge in [0.05, 0.1) is 0 Å². The highest BCUT2D eigenvalue weighted by Gasteiger charge is 2.00. The summed E-state index contributed by atoms with van der Waals surface area (Å²) in [5.41, 5.74) is 5.49. The predicted octanol–water partition coefficient (Wildman–Crippen LogP) is 1.29. The Balaban J connectivity index is 2.08. The van der Waals surface area contributed by atoms with Gasteiger partial charge in [-0.15, -0.1) is 10.2 Å². The molecule has 0 aromatic carbocycles. The van der Waals surface area contributed by atoms with E-state index in [0.29, 0.717) is 5.13 Å². The maximum atomic E-state index is 5.49. The Morgan fingerprint density at radius 2 is 2.38 bits per heavy atom. The number of amidine groups is 1. The Morgan fingerprint density at radius 3 is 2.94 bits per heavy atom. The number of nitrogen functional groups attached to an aromatic ring is 1. The van der Waals surface area contributed by atoms with E-state index in [1.807, 2.05) is 18.0 Å². The first-order valence-corrected chi connectivity index (χ1v) is 7.86. The van der Waals surface area contributed by atoms with E-state index in [2.05, 4.69) is 20.5 Å². The molecule has 1 rings (SSSR count). The van der Waals surface area contributed by atoms with Crippen LogP contribution in [-0.2, 0) is 5.75 Å². The molecule has 3 N–H and O–H groups in total. The zero-order valence-electron chi connectivity index (χ0n) is 9.27. The number of thioether (sulfide) groups is 2. The molecule has 16 heavy (non-hydrogen) atoms. The normalized spacial score (nSPS) is 11.8. The molecule has 0 radical (unpaired) electrons. The first kappa shape index (κ1) is 13.6. The Morgan fingerprint density at radius 1 is 1.56 bits per heavy atom. The smallest absolute Gasteiger partial charge is 0.203 e. The van der Waals surface area contributed by atoms with E-state index >= 15 is 0 Å². The van der Waals surface area contributed by atoms with Crippen LogP contribution in [0.3, 0.4) is 0 Å². The van der Waals surface area contributed by atoms with Gasteiger partial charge in [0.1, 0.15) is 5.01 Å². The van der Waals surface area contributed by atoms with Crippen LogP contribution in [0, 0.1) is 0 Å². The molecule has 8 heteroatoms. The minimum atomic E-state index is 0.538. The first-order valence-electron chi connectivity index (χ1n) is 4.66. The molecule has 5 nitrogen and oxygen atoms in total. The Kier molecular flexibility index (Phi) is 6.58. The fourth-order valence-corrected chi connectivity index (χ4v) is 2.90. The molecule has 90 valence electrons.